The highest BCUT2D eigenvalue weighted by molar-refractivity contribution is 7.07. The maximum Gasteiger partial charge on any atom is 0.296 e. The molecule has 0 amide bonds. The molecule has 0 aliphatic heterocycles. The van der Waals surface area contributed by atoms with Crippen LogP contribution in [0.3, 0.4) is 0 Å². The summed E-state index contributed by atoms with van der Waals surface area (Å²) in [4.78, 5) is 10.7. The van der Waals surface area contributed by atoms with Crippen LogP contribution in [0.15, 0.2) is 35.0 Å². The summed E-state index contributed by atoms with van der Waals surface area (Å²) >= 11 is 1.60. The van der Waals surface area contributed by atoms with E-state index in [1.165, 1.54) is 13.2 Å². The van der Waals surface area contributed by atoms with Crippen LogP contribution in [-0.4, -0.2) is 12.0 Å². The molecule has 0 saturated heterocycles. The fraction of sp³-hybridized carbons (Fsp3) is 0.231. The number of nitrogens with zero attached hydrogens (tertiary/aromatic N) is 1. The quantitative estimate of drug-likeness (QED) is 0.666. The second-order valence-corrected chi connectivity index (χ2v) is 4.84. The largest absolute Gasteiger partial charge is 0.496 e. The van der Waals surface area contributed by atoms with Crippen LogP contribution in [0, 0.1) is 10.1 Å². The number of nitro benzene ring substituents is 1. The van der Waals surface area contributed by atoms with E-state index in [1.54, 1.807) is 23.5 Å². The number of nitro groups is 1. The summed E-state index contributed by atoms with van der Waals surface area (Å²) in [6, 6.07) is 6.80. The SMILES string of the molecule is COc1ccc(NC(C)c2ccsc2)c([N+](=O)[O-])c1. The molecular weight excluding hydrogens is 264 g/mol. The zero-order chi connectivity index (χ0) is 13.8. The van der Waals surface area contributed by atoms with Gasteiger partial charge in [-0.3, -0.25) is 10.1 Å². The van der Waals surface area contributed by atoms with Crippen molar-refractivity contribution < 1.29 is 9.66 Å². The third-order valence-corrected chi connectivity index (χ3v) is 3.52. The van der Waals surface area contributed by atoms with Gasteiger partial charge in [0, 0.05) is 6.04 Å². The number of benzene rings is 1. The first-order valence-corrected chi connectivity index (χ1v) is 6.67. The Morgan fingerprint density at radius 1 is 1.42 bits per heavy atom. The predicted octanol–water partition coefficient (Wildman–Crippen LogP) is 3.84. The number of methoxy groups -OCH3 is 1. The van der Waals surface area contributed by atoms with E-state index in [0.29, 0.717) is 11.4 Å². The van der Waals surface area contributed by atoms with Gasteiger partial charge in [-0.1, -0.05) is 0 Å². The summed E-state index contributed by atoms with van der Waals surface area (Å²) in [7, 11) is 1.49. The van der Waals surface area contributed by atoms with Gasteiger partial charge in [-0.15, -0.1) is 0 Å². The lowest BCUT2D eigenvalue weighted by Crippen LogP contribution is -2.07. The van der Waals surface area contributed by atoms with E-state index in [0.717, 1.165) is 5.56 Å². The zero-order valence-corrected chi connectivity index (χ0v) is 11.4. The molecule has 0 saturated carbocycles. The standard InChI is InChI=1S/C13H14N2O3S/c1-9(10-5-6-19-8-10)14-12-4-3-11(18-2)7-13(12)15(16)17/h3-9,14H,1-2H3. The van der Waals surface area contributed by atoms with E-state index >= 15 is 0 Å². The Morgan fingerprint density at radius 3 is 2.79 bits per heavy atom. The molecule has 0 spiro atoms. The van der Waals surface area contributed by atoms with E-state index in [4.69, 9.17) is 4.74 Å². The van der Waals surface area contributed by atoms with Crippen molar-refractivity contribution in [2.45, 2.75) is 13.0 Å². The van der Waals surface area contributed by atoms with Gasteiger partial charge in [-0.2, -0.15) is 11.3 Å². The summed E-state index contributed by atoms with van der Waals surface area (Å²) in [6.07, 6.45) is 0. The predicted molar refractivity (Wildman–Crippen MR) is 76.0 cm³/mol. The average Bonchev–Trinajstić information content (AvgIpc) is 2.92. The first-order valence-electron chi connectivity index (χ1n) is 5.73. The molecule has 1 heterocycles. The lowest BCUT2D eigenvalue weighted by molar-refractivity contribution is -0.384. The molecular formula is C13H14N2O3S. The first kappa shape index (κ1) is 13.4. The smallest absolute Gasteiger partial charge is 0.296 e. The molecule has 1 N–H and O–H groups in total. The van der Waals surface area contributed by atoms with Crippen molar-refractivity contribution in [3.05, 3.63) is 50.7 Å². The monoisotopic (exact) mass is 278 g/mol. The maximum absolute atomic E-state index is 11.1. The lowest BCUT2D eigenvalue weighted by Gasteiger charge is -2.14. The molecule has 2 aromatic rings. The molecule has 100 valence electrons. The van der Waals surface area contributed by atoms with Crippen LogP contribution in [0.4, 0.5) is 11.4 Å². The number of hydrogen-bond donors (Lipinski definition) is 1. The van der Waals surface area contributed by atoms with Crippen molar-refractivity contribution in [2.75, 3.05) is 12.4 Å². The van der Waals surface area contributed by atoms with Gasteiger partial charge in [0.25, 0.3) is 5.69 Å². The highest BCUT2D eigenvalue weighted by Gasteiger charge is 2.17. The molecule has 0 bridgehead atoms. The highest BCUT2D eigenvalue weighted by Crippen LogP contribution is 2.31. The van der Waals surface area contributed by atoms with Crippen molar-refractivity contribution in [1.29, 1.82) is 0 Å². The fourth-order valence-corrected chi connectivity index (χ4v) is 2.50. The fourth-order valence-electron chi connectivity index (χ4n) is 1.75. The van der Waals surface area contributed by atoms with Gasteiger partial charge in [-0.25, -0.2) is 0 Å². The molecule has 0 radical (unpaired) electrons. The van der Waals surface area contributed by atoms with Gasteiger partial charge in [0.1, 0.15) is 11.4 Å². The van der Waals surface area contributed by atoms with Gasteiger partial charge in [0.05, 0.1) is 18.1 Å². The van der Waals surface area contributed by atoms with E-state index < -0.39 is 4.92 Å². The Kier molecular flexibility index (Phi) is 4.01. The van der Waals surface area contributed by atoms with Crippen LogP contribution >= 0.6 is 11.3 Å². The van der Waals surface area contributed by atoms with Gasteiger partial charge >= 0.3 is 0 Å². The van der Waals surface area contributed by atoms with Crippen molar-refractivity contribution in [1.82, 2.24) is 0 Å². The minimum Gasteiger partial charge on any atom is -0.496 e. The van der Waals surface area contributed by atoms with Crippen LogP contribution in [0.25, 0.3) is 0 Å². The molecule has 1 atom stereocenters. The van der Waals surface area contributed by atoms with Gasteiger partial charge in [0.2, 0.25) is 0 Å². The molecule has 2 rings (SSSR count). The number of nitrogens with one attached hydrogen (secondary N) is 1. The topological polar surface area (TPSA) is 64.4 Å². The van der Waals surface area contributed by atoms with Crippen LogP contribution in [-0.2, 0) is 0 Å². The van der Waals surface area contributed by atoms with E-state index in [-0.39, 0.29) is 11.7 Å². The van der Waals surface area contributed by atoms with Crippen LogP contribution in [0.5, 0.6) is 5.75 Å². The van der Waals surface area contributed by atoms with Crippen molar-refractivity contribution in [3.8, 4) is 5.75 Å². The van der Waals surface area contributed by atoms with Crippen LogP contribution < -0.4 is 10.1 Å². The van der Waals surface area contributed by atoms with E-state index in [9.17, 15) is 10.1 Å². The second kappa shape index (κ2) is 5.71. The summed E-state index contributed by atoms with van der Waals surface area (Å²) in [5, 5.41) is 18.2. The molecule has 1 aromatic heterocycles. The van der Waals surface area contributed by atoms with Crippen molar-refractivity contribution in [2.24, 2.45) is 0 Å². The molecule has 0 aliphatic rings. The van der Waals surface area contributed by atoms with E-state index in [2.05, 4.69) is 5.32 Å². The Hall–Kier alpha value is -2.08. The molecule has 5 nitrogen and oxygen atoms in total. The molecule has 19 heavy (non-hydrogen) atoms. The number of rotatable bonds is 5. The molecule has 0 fully saturated rings. The Balaban J connectivity index is 2.27. The summed E-state index contributed by atoms with van der Waals surface area (Å²) < 4.78 is 5.01. The van der Waals surface area contributed by atoms with Crippen LogP contribution in [0.2, 0.25) is 0 Å². The normalized spacial score (nSPS) is 11.9. The maximum atomic E-state index is 11.1. The van der Waals surface area contributed by atoms with Gasteiger partial charge < -0.3 is 10.1 Å². The number of ether oxygens (including phenoxy) is 1. The molecule has 1 aromatic carbocycles. The first-order chi connectivity index (χ1) is 9.11. The third kappa shape index (κ3) is 3.03. The van der Waals surface area contributed by atoms with E-state index in [1.807, 2.05) is 23.8 Å². The van der Waals surface area contributed by atoms with Crippen LogP contribution in [0.1, 0.15) is 18.5 Å². The third-order valence-electron chi connectivity index (χ3n) is 2.82. The molecule has 6 heteroatoms. The molecule has 0 aliphatic carbocycles. The van der Waals surface area contributed by atoms with Gasteiger partial charge in [0.15, 0.2) is 0 Å². The van der Waals surface area contributed by atoms with Gasteiger partial charge in [-0.05, 0) is 41.4 Å². The summed E-state index contributed by atoms with van der Waals surface area (Å²) in [6.45, 7) is 1.97. The highest BCUT2D eigenvalue weighted by atomic mass is 32.1. The number of thiophene rings is 1. The Morgan fingerprint density at radius 2 is 2.21 bits per heavy atom. The minimum atomic E-state index is -0.412. The Labute approximate surface area is 115 Å². The lowest BCUT2D eigenvalue weighted by atomic mass is 10.1. The Bertz CT molecular complexity index is 569. The zero-order valence-electron chi connectivity index (χ0n) is 10.6. The van der Waals surface area contributed by atoms with Crippen molar-refractivity contribution in [3.63, 3.8) is 0 Å². The number of hydrogen-bond acceptors (Lipinski definition) is 5. The average molecular weight is 278 g/mol. The summed E-state index contributed by atoms with van der Waals surface area (Å²) in [5.74, 6) is 0.473. The number of anilines is 1. The van der Waals surface area contributed by atoms with Crippen molar-refractivity contribution >= 4 is 22.7 Å². The minimum absolute atomic E-state index is 0.0124. The summed E-state index contributed by atoms with van der Waals surface area (Å²) in [5.41, 5.74) is 1.61. The molecule has 1 unspecified atom stereocenters. The second-order valence-electron chi connectivity index (χ2n) is 4.06.